The van der Waals surface area contributed by atoms with Crippen molar-refractivity contribution in [2.24, 2.45) is 11.1 Å². The van der Waals surface area contributed by atoms with Crippen LogP contribution >= 0.6 is 0 Å². The summed E-state index contributed by atoms with van der Waals surface area (Å²) in [6.45, 7) is 6.32. The minimum Gasteiger partial charge on any atom is -0.393 e. The first-order valence-corrected chi connectivity index (χ1v) is 4.90. The van der Waals surface area contributed by atoms with Crippen LogP contribution in [0.25, 0.3) is 0 Å². The predicted octanol–water partition coefficient (Wildman–Crippen LogP) is 2.98. The first kappa shape index (κ1) is 9.56. The van der Waals surface area contributed by atoms with Crippen molar-refractivity contribution in [2.75, 3.05) is 0 Å². The molecule has 0 saturated heterocycles. The smallest absolute Gasteiger partial charge is 0.122 e. The van der Waals surface area contributed by atoms with E-state index in [2.05, 4.69) is 12.1 Å². The third kappa shape index (κ3) is 3.24. The fourth-order valence-corrected chi connectivity index (χ4v) is 1.37. The molecular formula is C10H19NO. The van der Waals surface area contributed by atoms with Gasteiger partial charge >= 0.3 is 0 Å². The molecule has 0 heterocycles. The Labute approximate surface area is 75.0 Å². The minimum atomic E-state index is 0.219. The lowest BCUT2D eigenvalue weighted by atomic mass is 9.90. The highest BCUT2D eigenvalue weighted by Gasteiger charge is 2.13. The summed E-state index contributed by atoms with van der Waals surface area (Å²) in [5.74, 6) is 0.878. The zero-order valence-electron chi connectivity index (χ0n) is 8.34. The van der Waals surface area contributed by atoms with E-state index in [4.69, 9.17) is 4.84 Å². The summed E-state index contributed by atoms with van der Waals surface area (Å²) in [4.78, 5) is 5.20. The maximum atomic E-state index is 5.20. The Balaban J connectivity index is 2.29. The highest BCUT2D eigenvalue weighted by Crippen LogP contribution is 2.21. The second kappa shape index (κ2) is 4.48. The summed E-state index contributed by atoms with van der Waals surface area (Å²) >= 11 is 0. The van der Waals surface area contributed by atoms with E-state index in [0.29, 0.717) is 0 Å². The maximum absolute atomic E-state index is 5.20. The van der Waals surface area contributed by atoms with Crippen molar-refractivity contribution in [1.82, 2.24) is 0 Å². The van der Waals surface area contributed by atoms with Crippen molar-refractivity contribution in [3.05, 3.63) is 0 Å². The Kier molecular flexibility index (Phi) is 3.57. The number of rotatable bonds is 2. The molecule has 1 aliphatic carbocycles. The lowest BCUT2D eigenvalue weighted by Crippen LogP contribution is -2.12. The van der Waals surface area contributed by atoms with Gasteiger partial charge in [0, 0.05) is 0 Å². The molecule has 0 aromatic heterocycles. The lowest BCUT2D eigenvalue weighted by Gasteiger charge is -2.18. The Morgan fingerprint density at radius 1 is 1.33 bits per heavy atom. The Morgan fingerprint density at radius 3 is 2.42 bits per heavy atom. The van der Waals surface area contributed by atoms with Gasteiger partial charge < -0.3 is 4.84 Å². The molecule has 0 bridgehead atoms. The fraction of sp³-hybridized carbons (Fsp3) is 0.900. The summed E-state index contributed by atoms with van der Waals surface area (Å²) in [6.07, 6.45) is 5.04. The van der Waals surface area contributed by atoms with E-state index in [9.17, 15) is 0 Å². The second-order valence-corrected chi connectivity index (χ2v) is 3.99. The predicted molar refractivity (Wildman–Crippen MR) is 51.3 cm³/mol. The minimum absolute atomic E-state index is 0.219. The summed E-state index contributed by atoms with van der Waals surface area (Å²) in [6, 6.07) is 0. The number of hydrogen-bond donors (Lipinski definition) is 0. The van der Waals surface area contributed by atoms with Crippen LogP contribution in [0.5, 0.6) is 0 Å². The van der Waals surface area contributed by atoms with Gasteiger partial charge in [-0.2, -0.15) is 0 Å². The maximum Gasteiger partial charge on any atom is 0.122 e. The molecule has 0 atom stereocenters. The molecule has 0 aliphatic heterocycles. The fourth-order valence-electron chi connectivity index (χ4n) is 1.37. The zero-order chi connectivity index (χ0) is 8.97. The Morgan fingerprint density at radius 2 is 1.92 bits per heavy atom. The molecule has 0 spiro atoms. The normalized spacial score (nSPS) is 24.3. The van der Waals surface area contributed by atoms with E-state index in [1.165, 1.54) is 18.6 Å². The van der Waals surface area contributed by atoms with Crippen LogP contribution in [0.4, 0.5) is 0 Å². The van der Waals surface area contributed by atoms with Gasteiger partial charge in [-0.15, -0.1) is 0 Å². The molecule has 1 rings (SSSR count). The molecule has 1 fully saturated rings. The quantitative estimate of drug-likeness (QED) is 0.582. The van der Waals surface area contributed by atoms with Gasteiger partial charge in [0.15, 0.2) is 0 Å². The van der Waals surface area contributed by atoms with E-state index in [0.717, 1.165) is 18.8 Å². The number of oxime groups is 1. The molecule has 1 aliphatic rings. The van der Waals surface area contributed by atoms with E-state index < -0.39 is 0 Å². The first-order chi connectivity index (χ1) is 5.68. The molecule has 2 heteroatoms. The van der Waals surface area contributed by atoms with E-state index in [1.54, 1.807) is 0 Å². The van der Waals surface area contributed by atoms with Crippen molar-refractivity contribution in [3.8, 4) is 0 Å². The van der Waals surface area contributed by atoms with Gasteiger partial charge in [0.05, 0.1) is 5.71 Å². The van der Waals surface area contributed by atoms with Crippen LogP contribution in [-0.2, 0) is 4.84 Å². The third-order valence-electron chi connectivity index (χ3n) is 2.24. The van der Waals surface area contributed by atoms with E-state index in [1.807, 2.05) is 13.8 Å². The van der Waals surface area contributed by atoms with E-state index in [-0.39, 0.29) is 6.10 Å². The molecule has 0 N–H and O–H groups in total. The van der Waals surface area contributed by atoms with Crippen LogP contribution in [0.3, 0.4) is 0 Å². The summed E-state index contributed by atoms with van der Waals surface area (Å²) in [5.41, 5.74) is 1.25. The molecule has 0 amide bonds. The molecule has 70 valence electrons. The van der Waals surface area contributed by atoms with Gasteiger partial charge in [-0.25, -0.2) is 0 Å². The van der Waals surface area contributed by atoms with Crippen LogP contribution in [-0.4, -0.2) is 11.8 Å². The van der Waals surface area contributed by atoms with Gasteiger partial charge in [0.25, 0.3) is 0 Å². The molecule has 1 saturated carbocycles. The molecule has 2 nitrogen and oxygen atoms in total. The van der Waals surface area contributed by atoms with Crippen LogP contribution in [0.1, 0.15) is 46.5 Å². The lowest BCUT2D eigenvalue weighted by molar-refractivity contribution is 0.0843. The molecule has 12 heavy (non-hydrogen) atoms. The summed E-state index contributed by atoms with van der Waals surface area (Å²) in [5, 5.41) is 4.13. The highest BCUT2D eigenvalue weighted by atomic mass is 16.6. The van der Waals surface area contributed by atoms with Gasteiger partial charge in [-0.05, 0) is 45.4 Å². The average molecular weight is 169 g/mol. The average Bonchev–Trinajstić information content (AvgIpc) is 2.03. The van der Waals surface area contributed by atoms with Crippen LogP contribution in [0.15, 0.2) is 5.16 Å². The Bertz CT molecular complexity index is 153. The van der Waals surface area contributed by atoms with Gasteiger partial charge in [0.2, 0.25) is 0 Å². The largest absolute Gasteiger partial charge is 0.393 e. The Hall–Kier alpha value is -0.530. The van der Waals surface area contributed by atoms with Gasteiger partial charge in [-0.3, -0.25) is 0 Å². The van der Waals surface area contributed by atoms with E-state index >= 15 is 0 Å². The van der Waals surface area contributed by atoms with Crippen LogP contribution < -0.4 is 0 Å². The van der Waals surface area contributed by atoms with Crippen molar-refractivity contribution >= 4 is 5.71 Å². The first-order valence-electron chi connectivity index (χ1n) is 4.90. The SMILES string of the molecule is CC1CCC(=NOC(C)C)CC1. The third-order valence-corrected chi connectivity index (χ3v) is 2.24. The standard InChI is InChI=1S/C10H19NO/c1-8(2)12-11-10-6-4-9(3)5-7-10/h8-9H,4-7H2,1-3H3. The van der Waals surface area contributed by atoms with Crippen molar-refractivity contribution in [3.63, 3.8) is 0 Å². The van der Waals surface area contributed by atoms with Crippen LogP contribution in [0.2, 0.25) is 0 Å². The zero-order valence-corrected chi connectivity index (χ0v) is 8.34. The second-order valence-electron chi connectivity index (χ2n) is 3.99. The molecule has 0 unspecified atom stereocenters. The molecule has 0 aromatic carbocycles. The molecule has 0 aromatic rings. The summed E-state index contributed by atoms with van der Waals surface area (Å²) in [7, 11) is 0. The topological polar surface area (TPSA) is 21.6 Å². The van der Waals surface area contributed by atoms with Crippen molar-refractivity contribution < 1.29 is 4.84 Å². The number of nitrogens with zero attached hydrogens (tertiary/aromatic N) is 1. The molecular weight excluding hydrogens is 150 g/mol. The molecule has 0 radical (unpaired) electrons. The monoisotopic (exact) mass is 169 g/mol. The van der Waals surface area contributed by atoms with Gasteiger partial charge in [0.1, 0.15) is 6.10 Å². The number of hydrogen-bond acceptors (Lipinski definition) is 2. The highest BCUT2D eigenvalue weighted by molar-refractivity contribution is 5.84. The van der Waals surface area contributed by atoms with Crippen molar-refractivity contribution in [2.45, 2.75) is 52.6 Å². The van der Waals surface area contributed by atoms with Gasteiger partial charge in [-0.1, -0.05) is 12.1 Å². The van der Waals surface area contributed by atoms with Crippen molar-refractivity contribution in [1.29, 1.82) is 0 Å². The van der Waals surface area contributed by atoms with Crippen LogP contribution in [0, 0.1) is 5.92 Å². The summed E-state index contributed by atoms with van der Waals surface area (Å²) < 4.78 is 0.